The Morgan fingerprint density at radius 2 is 1.79 bits per heavy atom. The van der Waals surface area contributed by atoms with Gasteiger partial charge in [-0.3, -0.25) is 4.79 Å². The lowest BCUT2D eigenvalue weighted by Crippen LogP contribution is -2.31. The monoisotopic (exact) mass is 525 g/mol. The summed E-state index contributed by atoms with van der Waals surface area (Å²) in [5.41, 5.74) is 3.10. The molecule has 33 heavy (non-hydrogen) atoms. The Labute approximate surface area is 199 Å². The molecule has 0 fully saturated rings. The molecule has 0 bridgehead atoms. The van der Waals surface area contributed by atoms with Gasteiger partial charge in [0.15, 0.2) is 0 Å². The van der Waals surface area contributed by atoms with Crippen molar-refractivity contribution in [2.45, 2.75) is 45.2 Å². The van der Waals surface area contributed by atoms with Crippen LogP contribution in [0.1, 0.15) is 42.0 Å². The Morgan fingerprint density at radius 1 is 1.12 bits per heavy atom. The SMILES string of the molecule is COC(=O)CC(c1cc2ccccc2[nH]1)C(CCCOc1cc(C)c(Br)c(C)c1)C(F)(F)F. The van der Waals surface area contributed by atoms with Crippen molar-refractivity contribution in [3.05, 3.63) is 63.8 Å². The van der Waals surface area contributed by atoms with Crippen LogP contribution >= 0.6 is 15.9 Å². The molecule has 0 amide bonds. The molecule has 0 aliphatic heterocycles. The van der Waals surface area contributed by atoms with E-state index in [1.165, 1.54) is 7.11 Å². The summed E-state index contributed by atoms with van der Waals surface area (Å²) in [6, 6.07) is 12.6. The molecule has 0 aliphatic rings. The molecule has 3 rings (SSSR count). The maximum absolute atomic E-state index is 14.2. The van der Waals surface area contributed by atoms with Crippen LogP contribution in [0.2, 0.25) is 0 Å². The Kier molecular flexibility index (Phi) is 8.10. The summed E-state index contributed by atoms with van der Waals surface area (Å²) >= 11 is 3.49. The van der Waals surface area contributed by atoms with Gasteiger partial charge in [0.25, 0.3) is 0 Å². The van der Waals surface area contributed by atoms with Crippen molar-refractivity contribution in [1.29, 1.82) is 0 Å². The Balaban J connectivity index is 1.78. The topological polar surface area (TPSA) is 51.3 Å². The predicted molar refractivity (Wildman–Crippen MR) is 126 cm³/mol. The Morgan fingerprint density at radius 3 is 2.39 bits per heavy atom. The van der Waals surface area contributed by atoms with Gasteiger partial charge >= 0.3 is 12.1 Å². The maximum Gasteiger partial charge on any atom is 0.392 e. The number of hydrogen-bond donors (Lipinski definition) is 1. The third kappa shape index (κ3) is 6.31. The van der Waals surface area contributed by atoms with E-state index in [0.29, 0.717) is 11.4 Å². The van der Waals surface area contributed by atoms with Crippen molar-refractivity contribution in [3.8, 4) is 5.75 Å². The van der Waals surface area contributed by atoms with E-state index in [9.17, 15) is 18.0 Å². The van der Waals surface area contributed by atoms with Crippen LogP contribution in [0.3, 0.4) is 0 Å². The molecule has 2 aromatic carbocycles. The van der Waals surface area contributed by atoms with Gasteiger partial charge in [0.1, 0.15) is 5.75 Å². The molecule has 0 radical (unpaired) electrons. The number of methoxy groups -OCH3 is 1. The van der Waals surface area contributed by atoms with Gasteiger partial charge in [0.2, 0.25) is 0 Å². The number of H-pyrrole nitrogens is 1. The van der Waals surface area contributed by atoms with Crippen LogP contribution in [0, 0.1) is 19.8 Å². The van der Waals surface area contributed by atoms with E-state index in [1.54, 1.807) is 12.1 Å². The van der Waals surface area contributed by atoms with Crippen LogP contribution in [0.25, 0.3) is 10.9 Å². The van der Waals surface area contributed by atoms with Crippen molar-refractivity contribution in [3.63, 3.8) is 0 Å². The van der Waals surface area contributed by atoms with Crippen LogP contribution in [0.5, 0.6) is 5.75 Å². The number of nitrogens with one attached hydrogen (secondary N) is 1. The van der Waals surface area contributed by atoms with Crippen molar-refractivity contribution < 1.29 is 27.4 Å². The number of esters is 1. The average Bonchev–Trinajstić information content (AvgIpc) is 3.19. The number of para-hydroxylation sites is 1. The zero-order valence-corrected chi connectivity index (χ0v) is 20.3. The highest BCUT2D eigenvalue weighted by molar-refractivity contribution is 9.10. The van der Waals surface area contributed by atoms with E-state index in [-0.39, 0.29) is 25.9 Å². The fourth-order valence-electron chi connectivity index (χ4n) is 4.10. The minimum absolute atomic E-state index is 0.144. The number of carbonyl (C=O) groups excluding carboxylic acids is 1. The number of fused-ring (bicyclic) bond motifs is 1. The fourth-order valence-corrected chi connectivity index (χ4v) is 4.33. The van der Waals surface area contributed by atoms with E-state index in [1.807, 2.05) is 44.2 Å². The van der Waals surface area contributed by atoms with Crippen molar-refractivity contribution in [1.82, 2.24) is 4.98 Å². The van der Waals surface area contributed by atoms with Gasteiger partial charge in [0.05, 0.1) is 26.1 Å². The zero-order valence-electron chi connectivity index (χ0n) is 18.8. The Hall–Kier alpha value is -2.48. The number of halogens is 4. The molecule has 4 nitrogen and oxygen atoms in total. The second-order valence-electron chi connectivity index (χ2n) is 8.21. The molecule has 0 aliphatic carbocycles. The fraction of sp³-hybridized carbons (Fsp3) is 0.400. The van der Waals surface area contributed by atoms with Gasteiger partial charge in [-0.05, 0) is 67.5 Å². The van der Waals surface area contributed by atoms with Crippen LogP contribution in [-0.2, 0) is 9.53 Å². The standard InChI is InChI=1S/C25H27BrF3NO3/c1-15-11-18(12-16(2)24(15)26)33-10-6-8-20(25(27,28)29)19(14-23(31)32-3)22-13-17-7-4-5-9-21(17)30-22/h4-5,7,9,11-13,19-20,30H,6,8,10,14H2,1-3H3. The number of carbonyl (C=O) groups is 1. The van der Waals surface area contributed by atoms with E-state index >= 15 is 0 Å². The summed E-state index contributed by atoms with van der Waals surface area (Å²) in [5, 5.41) is 0.799. The Bertz CT molecular complexity index is 1050. The second-order valence-corrected chi connectivity index (χ2v) is 9.00. The van der Waals surface area contributed by atoms with Gasteiger partial charge < -0.3 is 14.5 Å². The highest BCUT2D eigenvalue weighted by atomic mass is 79.9. The minimum atomic E-state index is -4.49. The number of ether oxygens (including phenoxy) is 2. The minimum Gasteiger partial charge on any atom is -0.494 e. The molecule has 1 N–H and O–H groups in total. The summed E-state index contributed by atoms with van der Waals surface area (Å²) in [7, 11) is 1.18. The van der Waals surface area contributed by atoms with Crippen LogP contribution in [-0.4, -0.2) is 30.8 Å². The summed E-state index contributed by atoms with van der Waals surface area (Å²) in [5.74, 6) is -2.85. The van der Waals surface area contributed by atoms with Crippen LogP contribution < -0.4 is 4.74 Å². The molecule has 1 heterocycles. The highest BCUT2D eigenvalue weighted by Crippen LogP contribution is 2.43. The van der Waals surface area contributed by atoms with E-state index in [2.05, 4.69) is 20.9 Å². The molecular formula is C25H27BrF3NO3. The smallest absolute Gasteiger partial charge is 0.392 e. The summed E-state index contributed by atoms with van der Waals surface area (Å²) < 4.78 is 53.9. The van der Waals surface area contributed by atoms with Crippen molar-refractivity contribution in [2.24, 2.45) is 5.92 Å². The van der Waals surface area contributed by atoms with Gasteiger partial charge in [-0.1, -0.05) is 34.1 Å². The first-order valence-corrected chi connectivity index (χ1v) is 11.5. The number of aryl methyl sites for hydroxylation is 2. The average molecular weight is 526 g/mol. The number of aromatic nitrogens is 1. The van der Waals surface area contributed by atoms with E-state index in [0.717, 1.165) is 26.5 Å². The van der Waals surface area contributed by atoms with Crippen LogP contribution in [0.15, 0.2) is 46.9 Å². The first-order chi connectivity index (χ1) is 15.6. The molecular weight excluding hydrogens is 499 g/mol. The maximum atomic E-state index is 14.2. The summed E-state index contributed by atoms with van der Waals surface area (Å²) in [4.78, 5) is 15.1. The lowest BCUT2D eigenvalue weighted by molar-refractivity contribution is -0.185. The van der Waals surface area contributed by atoms with Gasteiger partial charge in [-0.15, -0.1) is 0 Å². The summed E-state index contributed by atoms with van der Waals surface area (Å²) in [6.07, 6.45) is -4.83. The lowest BCUT2D eigenvalue weighted by atomic mass is 9.83. The van der Waals surface area contributed by atoms with E-state index < -0.39 is 24.0 Å². The molecule has 2 unspecified atom stereocenters. The molecule has 0 saturated carbocycles. The van der Waals surface area contributed by atoms with Gasteiger partial charge in [-0.2, -0.15) is 13.2 Å². The first-order valence-electron chi connectivity index (χ1n) is 10.7. The molecule has 8 heteroatoms. The number of aromatic amines is 1. The number of rotatable bonds is 9. The lowest BCUT2D eigenvalue weighted by Gasteiger charge is -2.28. The molecule has 3 aromatic rings. The third-order valence-corrected chi connectivity index (χ3v) is 7.06. The van der Waals surface area contributed by atoms with Crippen molar-refractivity contribution >= 4 is 32.8 Å². The van der Waals surface area contributed by atoms with Crippen molar-refractivity contribution in [2.75, 3.05) is 13.7 Å². The van der Waals surface area contributed by atoms with E-state index in [4.69, 9.17) is 9.47 Å². The number of benzene rings is 2. The first kappa shape index (κ1) is 25.1. The predicted octanol–water partition coefficient (Wildman–Crippen LogP) is 7.23. The quantitative estimate of drug-likeness (QED) is 0.236. The molecule has 2 atom stereocenters. The largest absolute Gasteiger partial charge is 0.494 e. The van der Waals surface area contributed by atoms with Gasteiger partial charge in [0, 0.05) is 21.6 Å². The number of alkyl halides is 3. The van der Waals surface area contributed by atoms with Gasteiger partial charge in [-0.25, -0.2) is 0 Å². The van der Waals surface area contributed by atoms with Crippen LogP contribution in [0.4, 0.5) is 13.2 Å². The molecule has 0 spiro atoms. The summed E-state index contributed by atoms with van der Waals surface area (Å²) in [6.45, 7) is 4.01. The molecule has 1 aromatic heterocycles. The molecule has 178 valence electrons. The zero-order chi connectivity index (χ0) is 24.2. The normalized spacial score (nSPS) is 13.7. The third-order valence-electron chi connectivity index (χ3n) is 5.81. The second kappa shape index (κ2) is 10.6. The number of hydrogen-bond acceptors (Lipinski definition) is 3. The molecule has 0 saturated heterocycles. The highest BCUT2D eigenvalue weighted by Gasteiger charge is 2.46.